The second-order valence-corrected chi connectivity index (χ2v) is 7.14. The standard InChI is InChI=1S/C20H31N3O.HI/c1-21-20(23-14-17-7-3-4-8-18(17)15-23)22-13-5-6-16-9-11-19(24-2)12-10-16;/h9-12,17-18H,3-8,13-15H2,1-2H3,(H,21,22);1H. The summed E-state index contributed by atoms with van der Waals surface area (Å²) in [5.41, 5.74) is 1.36. The molecule has 1 aromatic rings. The Morgan fingerprint density at radius 2 is 1.80 bits per heavy atom. The lowest BCUT2D eigenvalue weighted by Gasteiger charge is -2.22. The van der Waals surface area contributed by atoms with Crippen LogP contribution in [0.5, 0.6) is 5.75 Å². The van der Waals surface area contributed by atoms with Crippen LogP contribution >= 0.6 is 24.0 Å². The summed E-state index contributed by atoms with van der Waals surface area (Å²) in [6.07, 6.45) is 7.86. The first-order chi connectivity index (χ1) is 11.8. The van der Waals surface area contributed by atoms with Gasteiger partial charge in [0.05, 0.1) is 7.11 Å². The van der Waals surface area contributed by atoms with Gasteiger partial charge in [-0.1, -0.05) is 25.0 Å². The van der Waals surface area contributed by atoms with E-state index in [1.165, 1.54) is 44.3 Å². The van der Waals surface area contributed by atoms with Crippen molar-refractivity contribution in [3.63, 3.8) is 0 Å². The molecule has 1 saturated heterocycles. The summed E-state index contributed by atoms with van der Waals surface area (Å²) < 4.78 is 5.20. The summed E-state index contributed by atoms with van der Waals surface area (Å²) in [6.45, 7) is 3.37. The van der Waals surface area contributed by atoms with E-state index in [1.54, 1.807) is 7.11 Å². The number of nitrogens with zero attached hydrogens (tertiary/aromatic N) is 2. The Morgan fingerprint density at radius 1 is 1.16 bits per heavy atom. The topological polar surface area (TPSA) is 36.9 Å². The zero-order valence-electron chi connectivity index (χ0n) is 15.5. The maximum atomic E-state index is 5.20. The van der Waals surface area contributed by atoms with Crippen LogP contribution in [-0.2, 0) is 6.42 Å². The third kappa shape index (κ3) is 5.50. The number of hydrogen-bond donors (Lipinski definition) is 1. The molecule has 2 atom stereocenters. The first kappa shape index (κ1) is 20.3. The molecule has 2 unspecified atom stereocenters. The molecule has 1 aromatic carbocycles. The van der Waals surface area contributed by atoms with Gasteiger partial charge in [-0.25, -0.2) is 0 Å². The number of nitrogens with one attached hydrogen (secondary N) is 1. The third-order valence-corrected chi connectivity index (χ3v) is 5.57. The average Bonchev–Trinajstić information content (AvgIpc) is 3.06. The lowest BCUT2D eigenvalue weighted by molar-refractivity contribution is 0.299. The number of hydrogen-bond acceptors (Lipinski definition) is 2. The van der Waals surface area contributed by atoms with E-state index in [4.69, 9.17) is 4.74 Å². The molecular formula is C20H32IN3O. The van der Waals surface area contributed by atoms with Crippen LogP contribution in [0.15, 0.2) is 29.3 Å². The number of halogens is 1. The summed E-state index contributed by atoms with van der Waals surface area (Å²) in [5.74, 6) is 3.82. The molecule has 0 radical (unpaired) electrons. The fraction of sp³-hybridized carbons (Fsp3) is 0.650. The number of aryl methyl sites for hydroxylation is 1. The van der Waals surface area contributed by atoms with Crippen molar-refractivity contribution in [2.24, 2.45) is 16.8 Å². The molecule has 4 nitrogen and oxygen atoms in total. The second-order valence-electron chi connectivity index (χ2n) is 7.14. The van der Waals surface area contributed by atoms with Crippen molar-refractivity contribution in [1.82, 2.24) is 10.2 Å². The van der Waals surface area contributed by atoms with Crippen molar-refractivity contribution < 1.29 is 4.74 Å². The van der Waals surface area contributed by atoms with Crippen LogP contribution < -0.4 is 10.1 Å². The molecule has 0 bridgehead atoms. The zero-order valence-corrected chi connectivity index (χ0v) is 17.9. The molecule has 0 aromatic heterocycles. The lowest BCUT2D eigenvalue weighted by Crippen LogP contribution is -2.40. The SMILES string of the molecule is CN=C(NCCCc1ccc(OC)cc1)N1CC2CCCCC2C1.I. The van der Waals surface area contributed by atoms with Crippen LogP contribution in [0.3, 0.4) is 0 Å². The number of methoxy groups -OCH3 is 1. The first-order valence-corrected chi connectivity index (χ1v) is 9.38. The number of rotatable bonds is 5. The Balaban J connectivity index is 0.00000225. The second kappa shape index (κ2) is 10.2. The van der Waals surface area contributed by atoms with Crippen LogP contribution in [0.25, 0.3) is 0 Å². The van der Waals surface area contributed by atoms with Gasteiger partial charge in [-0.2, -0.15) is 0 Å². The van der Waals surface area contributed by atoms with E-state index in [1.807, 2.05) is 19.2 Å². The summed E-state index contributed by atoms with van der Waals surface area (Å²) in [6, 6.07) is 8.37. The van der Waals surface area contributed by atoms with Crippen LogP contribution in [0.2, 0.25) is 0 Å². The van der Waals surface area contributed by atoms with Gasteiger partial charge >= 0.3 is 0 Å². The van der Waals surface area contributed by atoms with E-state index in [0.717, 1.165) is 42.9 Å². The van der Waals surface area contributed by atoms with Gasteiger partial charge < -0.3 is 15.0 Å². The molecule has 1 heterocycles. The predicted octanol–water partition coefficient (Wildman–Crippen LogP) is 3.94. The Hall–Kier alpha value is -0.980. The van der Waals surface area contributed by atoms with E-state index in [9.17, 15) is 0 Å². The molecular weight excluding hydrogens is 425 g/mol. The summed E-state index contributed by atoms with van der Waals surface area (Å²) >= 11 is 0. The maximum absolute atomic E-state index is 5.20. The Labute approximate surface area is 169 Å². The Kier molecular flexibility index (Phi) is 8.33. The Morgan fingerprint density at radius 3 is 2.36 bits per heavy atom. The molecule has 2 aliphatic rings. The smallest absolute Gasteiger partial charge is 0.193 e. The highest BCUT2D eigenvalue weighted by molar-refractivity contribution is 14.0. The molecule has 1 aliphatic heterocycles. The molecule has 5 heteroatoms. The molecule has 1 saturated carbocycles. The number of aliphatic imine (C=N–C) groups is 1. The van der Waals surface area contributed by atoms with E-state index < -0.39 is 0 Å². The number of benzene rings is 1. The summed E-state index contributed by atoms with van der Waals surface area (Å²) in [5, 5.41) is 3.57. The van der Waals surface area contributed by atoms with E-state index in [0.29, 0.717) is 0 Å². The minimum Gasteiger partial charge on any atom is -0.497 e. The minimum atomic E-state index is 0. The molecule has 140 valence electrons. The molecule has 1 N–H and O–H groups in total. The highest BCUT2D eigenvalue weighted by Crippen LogP contribution is 2.35. The minimum absolute atomic E-state index is 0. The van der Waals surface area contributed by atoms with Gasteiger partial charge in [0.2, 0.25) is 0 Å². The molecule has 2 fully saturated rings. The van der Waals surface area contributed by atoms with Gasteiger partial charge in [0, 0.05) is 26.7 Å². The van der Waals surface area contributed by atoms with E-state index in [2.05, 4.69) is 27.3 Å². The van der Waals surface area contributed by atoms with Gasteiger partial charge in [-0.3, -0.25) is 4.99 Å². The maximum Gasteiger partial charge on any atom is 0.193 e. The van der Waals surface area contributed by atoms with Gasteiger partial charge in [-0.05, 0) is 55.2 Å². The van der Waals surface area contributed by atoms with Crippen LogP contribution in [0, 0.1) is 11.8 Å². The average molecular weight is 457 g/mol. The van der Waals surface area contributed by atoms with Crippen molar-refractivity contribution in [3.05, 3.63) is 29.8 Å². The fourth-order valence-corrected chi connectivity index (χ4v) is 4.20. The largest absolute Gasteiger partial charge is 0.497 e. The van der Waals surface area contributed by atoms with Crippen LogP contribution in [-0.4, -0.2) is 44.7 Å². The lowest BCUT2D eigenvalue weighted by atomic mass is 9.82. The summed E-state index contributed by atoms with van der Waals surface area (Å²) in [7, 11) is 3.62. The fourth-order valence-electron chi connectivity index (χ4n) is 4.20. The predicted molar refractivity (Wildman–Crippen MR) is 115 cm³/mol. The van der Waals surface area contributed by atoms with E-state index in [-0.39, 0.29) is 24.0 Å². The molecule has 0 amide bonds. The quantitative estimate of drug-likeness (QED) is 0.315. The number of ether oxygens (including phenoxy) is 1. The number of guanidine groups is 1. The highest BCUT2D eigenvalue weighted by atomic mass is 127. The molecule has 1 aliphatic carbocycles. The monoisotopic (exact) mass is 457 g/mol. The van der Waals surface area contributed by atoms with Crippen molar-refractivity contribution in [3.8, 4) is 5.75 Å². The number of fused-ring (bicyclic) bond motifs is 1. The first-order valence-electron chi connectivity index (χ1n) is 9.38. The molecule has 25 heavy (non-hydrogen) atoms. The van der Waals surface area contributed by atoms with Crippen LogP contribution in [0.1, 0.15) is 37.7 Å². The zero-order chi connectivity index (χ0) is 16.8. The Bertz CT molecular complexity index is 532. The third-order valence-electron chi connectivity index (χ3n) is 5.57. The van der Waals surface area contributed by atoms with E-state index >= 15 is 0 Å². The van der Waals surface area contributed by atoms with Gasteiger partial charge in [0.1, 0.15) is 5.75 Å². The molecule has 0 spiro atoms. The van der Waals surface area contributed by atoms with Crippen molar-refractivity contribution in [1.29, 1.82) is 0 Å². The van der Waals surface area contributed by atoms with Crippen molar-refractivity contribution in [2.45, 2.75) is 38.5 Å². The summed E-state index contributed by atoms with van der Waals surface area (Å²) in [4.78, 5) is 6.99. The highest BCUT2D eigenvalue weighted by Gasteiger charge is 2.35. The van der Waals surface area contributed by atoms with Gasteiger partial charge in [-0.15, -0.1) is 24.0 Å². The van der Waals surface area contributed by atoms with Crippen molar-refractivity contribution in [2.75, 3.05) is 33.8 Å². The van der Waals surface area contributed by atoms with Crippen LogP contribution in [0.4, 0.5) is 0 Å². The van der Waals surface area contributed by atoms with Gasteiger partial charge in [0.15, 0.2) is 5.96 Å². The van der Waals surface area contributed by atoms with Gasteiger partial charge in [0.25, 0.3) is 0 Å². The molecule has 3 rings (SSSR count). The van der Waals surface area contributed by atoms with Crippen molar-refractivity contribution >= 4 is 29.9 Å². The number of likely N-dealkylation sites (tertiary alicyclic amines) is 1. The normalized spacial score (nSPS) is 23.0.